The Morgan fingerprint density at radius 2 is 2.15 bits per heavy atom. The van der Waals surface area contributed by atoms with Crippen molar-refractivity contribution in [3.8, 4) is 16.9 Å². The number of aromatic amines is 1. The molecule has 5 rings (SSSR count). The van der Waals surface area contributed by atoms with Crippen LogP contribution in [0.5, 0.6) is 5.75 Å². The van der Waals surface area contributed by atoms with Crippen LogP contribution in [-0.2, 0) is 11.2 Å². The van der Waals surface area contributed by atoms with Crippen molar-refractivity contribution in [3.63, 3.8) is 0 Å². The van der Waals surface area contributed by atoms with Gasteiger partial charge in [0.1, 0.15) is 6.61 Å². The molecule has 6 nitrogen and oxygen atoms in total. The summed E-state index contributed by atoms with van der Waals surface area (Å²) in [6, 6.07) is 11.0. The molecule has 0 aliphatic carbocycles. The second kappa shape index (κ2) is 10.2. The van der Waals surface area contributed by atoms with Crippen LogP contribution >= 0.6 is 11.8 Å². The molecule has 1 saturated heterocycles. The first-order chi connectivity index (χ1) is 16.6. The highest BCUT2D eigenvalue weighted by Crippen LogP contribution is 2.35. The van der Waals surface area contributed by atoms with E-state index in [-0.39, 0.29) is 30.0 Å². The second-order valence-corrected chi connectivity index (χ2v) is 10.1. The first kappa shape index (κ1) is 22.9. The number of ether oxygens (including phenoxy) is 1. The molecule has 0 saturated carbocycles. The van der Waals surface area contributed by atoms with Crippen LogP contribution in [0.1, 0.15) is 24.1 Å². The number of benzene rings is 2. The van der Waals surface area contributed by atoms with Gasteiger partial charge in [0.25, 0.3) is 0 Å². The Balaban J connectivity index is 1.33. The lowest BCUT2D eigenvalue weighted by molar-refractivity contribution is -0.121. The summed E-state index contributed by atoms with van der Waals surface area (Å²) in [4.78, 5) is 16.7. The number of amides is 1. The number of H-pyrrole nitrogens is 1. The lowest BCUT2D eigenvalue weighted by Crippen LogP contribution is -2.33. The van der Waals surface area contributed by atoms with E-state index in [4.69, 9.17) is 4.74 Å². The van der Waals surface area contributed by atoms with Crippen molar-refractivity contribution in [3.05, 3.63) is 59.7 Å². The minimum absolute atomic E-state index is 0.108. The molecule has 178 valence electrons. The molecule has 1 atom stereocenters. The number of nitrogens with one attached hydrogen (secondary N) is 2. The van der Waals surface area contributed by atoms with Crippen LogP contribution in [0.3, 0.4) is 0 Å². The Kier molecular flexibility index (Phi) is 6.87. The topological polar surface area (TPSA) is 70.2 Å². The summed E-state index contributed by atoms with van der Waals surface area (Å²) in [7, 11) is 0. The van der Waals surface area contributed by atoms with Gasteiger partial charge in [0.15, 0.2) is 11.6 Å². The van der Waals surface area contributed by atoms with Gasteiger partial charge in [-0.3, -0.25) is 9.89 Å². The molecular weight excluding hydrogens is 451 g/mol. The van der Waals surface area contributed by atoms with Crippen LogP contribution in [-0.4, -0.2) is 53.0 Å². The molecule has 2 aliphatic rings. The maximum atomic E-state index is 14.0. The van der Waals surface area contributed by atoms with Gasteiger partial charge in [-0.1, -0.05) is 18.2 Å². The SMILES string of the molecule is Cc1n[nH]cc1-c1ccc(NC(=O)C2COc3c(F)cccc3C2)c(SCCN2CCCC2)c1. The number of hydrogen-bond acceptors (Lipinski definition) is 5. The van der Waals surface area contributed by atoms with Crippen molar-refractivity contribution in [2.75, 3.05) is 37.3 Å². The van der Waals surface area contributed by atoms with Crippen molar-refractivity contribution in [2.24, 2.45) is 5.92 Å². The zero-order valence-corrected chi connectivity index (χ0v) is 20.1. The largest absolute Gasteiger partial charge is 0.489 e. The van der Waals surface area contributed by atoms with E-state index in [0.717, 1.165) is 45.3 Å². The highest BCUT2D eigenvalue weighted by Gasteiger charge is 2.28. The van der Waals surface area contributed by atoms with Gasteiger partial charge in [-0.25, -0.2) is 4.39 Å². The predicted octanol–water partition coefficient (Wildman–Crippen LogP) is 4.90. The average molecular weight is 481 g/mol. The minimum atomic E-state index is -0.377. The van der Waals surface area contributed by atoms with Crippen LogP contribution in [0.25, 0.3) is 11.1 Å². The molecule has 2 aliphatic heterocycles. The Labute approximate surface area is 203 Å². The summed E-state index contributed by atoms with van der Waals surface area (Å²) >= 11 is 1.76. The molecule has 34 heavy (non-hydrogen) atoms. The Bertz CT molecular complexity index is 1180. The number of halogens is 1. The maximum absolute atomic E-state index is 14.0. The lowest BCUT2D eigenvalue weighted by Gasteiger charge is -2.25. The van der Waals surface area contributed by atoms with Crippen molar-refractivity contribution >= 4 is 23.4 Å². The normalized spacial score (nSPS) is 17.9. The molecule has 2 N–H and O–H groups in total. The molecule has 3 heterocycles. The summed E-state index contributed by atoms with van der Waals surface area (Å²) in [5.74, 6) is 0.370. The minimum Gasteiger partial charge on any atom is -0.489 e. The number of fused-ring (bicyclic) bond motifs is 1. The fraction of sp³-hybridized carbons (Fsp3) is 0.385. The summed E-state index contributed by atoms with van der Waals surface area (Å²) in [6.45, 7) is 5.52. The van der Waals surface area contributed by atoms with E-state index in [9.17, 15) is 9.18 Å². The zero-order valence-electron chi connectivity index (χ0n) is 19.3. The summed E-state index contributed by atoms with van der Waals surface area (Å²) in [5, 5.41) is 10.3. The molecule has 0 spiro atoms. The number of carbonyl (C=O) groups excluding carboxylic acids is 1. The summed E-state index contributed by atoms with van der Waals surface area (Å²) < 4.78 is 19.6. The van der Waals surface area contributed by atoms with E-state index in [1.807, 2.05) is 31.3 Å². The number of hydrogen-bond donors (Lipinski definition) is 2. The number of thioether (sulfide) groups is 1. The van der Waals surface area contributed by atoms with E-state index in [0.29, 0.717) is 6.42 Å². The van der Waals surface area contributed by atoms with Crippen LogP contribution in [0, 0.1) is 18.7 Å². The van der Waals surface area contributed by atoms with Gasteiger partial charge >= 0.3 is 0 Å². The number of para-hydroxylation sites is 1. The highest BCUT2D eigenvalue weighted by molar-refractivity contribution is 7.99. The monoisotopic (exact) mass is 480 g/mol. The van der Waals surface area contributed by atoms with Gasteiger partial charge in [0.05, 0.1) is 17.3 Å². The van der Waals surface area contributed by atoms with Gasteiger partial charge < -0.3 is 15.0 Å². The summed E-state index contributed by atoms with van der Waals surface area (Å²) in [6.07, 6.45) is 4.91. The van der Waals surface area contributed by atoms with Gasteiger partial charge in [-0.2, -0.15) is 5.10 Å². The van der Waals surface area contributed by atoms with E-state index in [1.165, 1.54) is 32.0 Å². The molecule has 0 bridgehead atoms. The number of aromatic nitrogens is 2. The number of carbonyl (C=O) groups is 1. The fourth-order valence-electron chi connectivity index (χ4n) is 4.64. The van der Waals surface area contributed by atoms with Gasteiger partial charge in [0.2, 0.25) is 5.91 Å². The third-order valence-electron chi connectivity index (χ3n) is 6.56. The molecule has 3 aromatic rings. The molecule has 0 radical (unpaired) electrons. The molecule has 1 unspecified atom stereocenters. The Morgan fingerprint density at radius 1 is 1.29 bits per heavy atom. The molecule has 1 fully saturated rings. The van der Waals surface area contributed by atoms with Crippen LogP contribution in [0.15, 0.2) is 47.5 Å². The lowest BCUT2D eigenvalue weighted by atomic mass is 9.95. The third kappa shape index (κ3) is 4.98. The average Bonchev–Trinajstić information content (AvgIpc) is 3.52. The number of aryl methyl sites for hydroxylation is 1. The second-order valence-electron chi connectivity index (χ2n) is 8.92. The quantitative estimate of drug-likeness (QED) is 0.471. The van der Waals surface area contributed by atoms with Gasteiger partial charge in [-0.05, 0) is 68.6 Å². The van der Waals surface area contributed by atoms with Crippen LogP contribution in [0.2, 0.25) is 0 Å². The van der Waals surface area contributed by atoms with Crippen LogP contribution < -0.4 is 10.1 Å². The molecule has 1 aromatic heterocycles. The fourth-order valence-corrected chi connectivity index (χ4v) is 5.70. The van der Waals surface area contributed by atoms with E-state index < -0.39 is 0 Å². The molecular formula is C26H29FN4O2S. The first-order valence-electron chi connectivity index (χ1n) is 11.8. The van der Waals surface area contributed by atoms with Crippen molar-refractivity contribution in [1.29, 1.82) is 0 Å². The Morgan fingerprint density at radius 3 is 2.94 bits per heavy atom. The van der Waals surface area contributed by atoms with Gasteiger partial charge in [0, 0.05) is 29.0 Å². The maximum Gasteiger partial charge on any atom is 0.231 e. The first-order valence-corrected chi connectivity index (χ1v) is 12.8. The standard InChI is InChI=1S/C26H29FN4O2S/c1-17-21(15-28-30-17)18-7-8-23(24(14-18)34-12-11-31-9-2-3-10-31)29-26(32)20-13-19-5-4-6-22(27)25(19)33-16-20/h4-8,14-15,20H,2-3,9-13,16H2,1H3,(H,28,30)(H,29,32). The van der Waals surface area contributed by atoms with Gasteiger partial charge in [-0.15, -0.1) is 11.8 Å². The molecule has 8 heteroatoms. The Hall–Kier alpha value is -2.84. The highest BCUT2D eigenvalue weighted by atomic mass is 32.2. The summed E-state index contributed by atoms with van der Waals surface area (Å²) in [5.41, 5.74) is 4.59. The smallest absolute Gasteiger partial charge is 0.231 e. The number of likely N-dealkylation sites (tertiary alicyclic amines) is 1. The molecule has 2 aromatic carbocycles. The van der Waals surface area contributed by atoms with E-state index in [2.05, 4.69) is 26.5 Å². The van der Waals surface area contributed by atoms with Crippen LogP contribution in [0.4, 0.5) is 10.1 Å². The molecule has 1 amide bonds. The van der Waals surface area contributed by atoms with E-state index >= 15 is 0 Å². The third-order valence-corrected chi connectivity index (χ3v) is 7.60. The van der Waals surface area contributed by atoms with Crippen molar-refractivity contribution in [1.82, 2.24) is 15.1 Å². The van der Waals surface area contributed by atoms with Crippen molar-refractivity contribution in [2.45, 2.75) is 31.1 Å². The zero-order chi connectivity index (χ0) is 23.5. The van der Waals surface area contributed by atoms with E-state index in [1.54, 1.807) is 17.8 Å². The predicted molar refractivity (Wildman–Crippen MR) is 133 cm³/mol. The van der Waals surface area contributed by atoms with Crippen molar-refractivity contribution < 1.29 is 13.9 Å². The number of rotatable bonds is 7. The number of nitrogens with zero attached hydrogens (tertiary/aromatic N) is 2. The number of anilines is 1.